The Kier molecular flexibility index (Phi) is 5.95. The molecule has 10 heteroatoms. The Labute approximate surface area is 186 Å². The molecule has 4 aromatic rings. The maximum Gasteiger partial charge on any atom is 0.323 e. The Balaban J connectivity index is 1.42. The number of fused-ring (bicyclic) bond motifs is 1. The fourth-order valence-electron chi connectivity index (χ4n) is 2.93. The summed E-state index contributed by atoms with van der Waals surface area (Å²) in [4.78, 5) is 32.3. The van der Waals surface area contributed by atoms with Crippen molar-refractivity contribution in [3.63, 3.8) is 0 Å². The number of hydrogen-bond acceptors (Lipinski definition) is 6. The molecule has 2 aromatic carbocycles. The third-order valence-electron chi connectivity index (χ3n) is 4.37. The summed E-state index contributed by atoms with van der Waals surface area (Å²) in [5.41, 5.74) is 1.49. The van der Waals surface area contributed by atoms with Gasteiger partial charge in [-0.3, -0.25) is 9.78 Å². The minimum absolute atomic E-state index is 0.0128. The van der Waals surface area contributed by atoms with Crippen LogP contribution in [0.25, 0.3) is 10.2 Å². The number of pyridine rings is 1. The van der Waals surface area contributed by atoms with Crippen LogP contribution >= 0.6 is 11.3 Å². The highest BCUT2D eigenvalue weighted by molar-refractivity contribution is 7.18. The van der Waals surface area contributed by atoms with Gasteiger partial charge in [-0.1, -0.05) is 0 Å². The van der Waals surface area contributed by atoms with E-state index in [-0.39, 0.29) is 23.0 Å². The standard InChI is InChI=1S/C22H18FN5O3S/c1-12-26-18-9-13(3-6-20(18)32-12)27-22(30)28-17-5-4-14(10-16(17)23)31-15-7-8-25-19(11-15)21(29)24-2/h3-11H,1-2H3,(H,24,29)(H2,27,28,30). The fraction of sp³-hybridized carbons (Fsp3) is 0.0909. The summed E-state index contributed by atoms with van der Waals surface area (Å²) in [7, 11) is 1.49. The van der Waals surface area contributed by atoms with Crippen LogP contribution < -0.4 is 20.7 Å². The number of amides is 3. The number of aryl methyl sites for hydroxylation is 1. The van der Waals surface area contributed by atoms with Crippen LogP contribution in [0.4, 0.5) is 20.6 Å². The van der Waals surface area contributed by atoms with Gasteiger partial charge in [0.15, 0.2) is 0 Å². The summed E-state index contributed by atoms with van der Waals surface area (Å²) >= 11 is 1.57. The van der Waals surface area contributed by atoms with Crippen molar-refractivity contribution in [1.29, 1.82) is 0 Å². The number of urea groups is 1. The number of hydrogen-bond donors (Lipinski definition) is 3. The molecule has 8 nitrogen and oxygen atoms in total. The van der Waals surface area contributed by atoms with Crippen LogP contribution in [0.3, 0.4) is 0 Å². The number of benzene rings is 2. The van der Waals surface area contributed by atoms with Crippen LogP contribution in [-0.4, -0.2) is 29.0 Å². The predicted molar refractivity (Wildman–Crippen MR) is 121 cm³/mol. The van der Waals surface area contributed by atoms with E-state index in [9.17, 15) is 14.0 Å². The Morgan fingerprint density at radius 1 is 1.03 bits per heavy atom. The first kappa shape index (κ1) is 21.2. The Bertz CT molecular complexity index is 1320. The lowest BCUT2D eigenvalue weighted by molar-refractivity contribution is 0.0958. The first-order valence-corrected chi connectivity index (χ1v) is 10.3. The molecule has 0 unspecified atom stereocenters. The number of nitrogens with one attached hydrogen (secondary N) is 3. The zero-order chi connectivity index (χ0) is 22.7. The molecule has 0 radical (unpaired) electrons. The molecule has 3 N–H and O–H groups in total. The molecule has 4 rings (SSSR count). The molecular weight excluding hydrogens is 433 g/mol. The van der Waals surface area contributed by atoms with Crippen molar-refractivity contribution < 1.29 is 18.7 Å². The third-order valence-corrected chi connectivity index (χ3v) is 5.32. The monoisotopic (exact) mass is 451 g/mol. The number of carbonyl (C=O) groups is 2. The van der Waals surface area contributed by atoms with E-state index in [1.54, 1.807) is 29.5 Å². The van der Waals surface area contributed by atoms with Crippen molar-refractivity contribution in [2.75, 3.05) is 17.7 Å². The topological polar surface area (TPSA) is 105 Å². The van der Waals surface area contributed by atoms with E-state index in [0.29, 0.717) is 11.4 Å². The highest BCUT2D eigenvalue weighted by Crippen LogP contribution is 2.27. The van der Waals surface area contributed by atoms with E-state index >= 15 is 0 Å². The van der Waals surface area contributed by atoms with Gasteiger partial charge in [-0.05, 0) is 43.3 Å². The molecule has 0 spiro atoms. The number of nitrogens with zero attached hydrogens (tertiary/aromatic N) is 2. The average molecular weight is 451 g/mol. The van der Waals surface area contributed by atoms with Gasteiger partial charge in [-0.25, -0.2) is 14.2 Å². The molecule has 3 amide bonds. The third kappa shape index (κ3) is 4.81. The lowest BCUT2D eigenvalue weighted by Crippen LogP contribution is -2.20. The first-order valence-electron chi connectivity index (χ1n) is 9.52. The van der Waals surface area contributed by atoms with Crippen molar-refractivity contribution in [1.82, 2.24) is 15.3 Å². The Hall–Kier alpha value is -4.05. The number of aromatic nitrogens is 2. The first-order chi connectivity index (χ1) is 15.4. The fourth-order valence-corrected chi connectivity index (χ4v) is 3.74. The van der Waals surface area contributed by atoms with Crippen molar-refractivity contribution >= 4 is 44.9 Å². The lowest BCUT2D eigenvalue weighted by Gasteiger charge is -2.11. The number of halogens is 1. The molecule has 32 heavy (non-hydrogen) atoms. The van der Waals surface area contributed by atoms with Crippen LogP contribution in [0.1, 0.15) is 15.5 Å². The minimum Gasteiger partial charge on any atom is -0.457 e. The molecule has 0 aliphatic heterocycles. The number of rotatable bonds is 5. The van der Waals surface area contributed by atoms with E-state index in [2.05, 4.69) is 25.9 Å². The number of thiazole rings is 1. The van der Waals surface area contributed by atoms with Gasteiger partial charge in [-0.2, -0.15) is 0 Å². The van der Waals surface area contributed by atoms with Crippen molar-refractivity contribution in [2.24, 2.45) is 0 Å². The summed E-state index contributed by atoms with van der Waals surface area (Å²) in [5.74, 6) is -0.518. The molecule has 0 bridgehead atoms. The number of anilines is 2. The average Bonchev–Trinajstić information content (AvgIpc) is 3.14. The molecule has 0 saturated carbocycles. The van der Waals surface area contributed by atoms with Crippen LogP contribution in [0, 0.1) is 12.7 Å². The second-order valence-electron chi connectivity index (χ2n) is 6.69. The van der Waals surface area contributed by atoms with E-state index in [0.717, 1.165) is 21.3 Å². The maximum atomic E-state index is 14.5. The Morgan fingerprint density at radius 3 is 2.62 bits per heavy atom. The summed E-state index contributed by atoms with van der Waals surface area (Å²) in [6, 6.07) is 11.8. The molecule has 0 aliphatic carbocycles. The molecule has 162 valence electrons. The van der Waals surface area contributed by atoms with Gasteiger partial charge >= 0.3 is 6.03 Å². The van der Waals surface area contributed by atoms with Gasteiger partial charge in [0.25, 0.3) is 5.91 Å². The summed E-state index contributed by atoms with van der Waals surface area (Å²) in [5, 5.41) is 8.54. The molecular formula is C22H18FN5O3S. The molecule has 0 fully saturated rings. The smallest absolute Gasteiger partial charge is 0.323 e. The van der Waals surface area contributed by atoms with E-state index < -0.39 is 11.8 Å². The van der Waals surface area contributed by atoms with E-state index in [4.69, 9.17) is 4.74 Å². The largest absolute Gasteiger partial charge is 0.457 e. The van der Waals surface area contributed by atoms with Crippen LogP contribution in [-0.2, 0) is 0 Å². The number of ether oxygens (including phenoxy) is 1. The van der Waals surface area contributed by atoms with E-state index in [1.165, 1.54) is 31.4 Å². The summed E-state index contributed by atoms with van der Waals surface area (Å²) in [6.45, 7) is 1.91. The molecule has 2 heterocycles. The van der Waals surface area contributed by atoms with Gasteiger partial charge < -0.3 is 20.7 Å². The van der Waals surface area contributed by atoms with Gasteiger partial charge in [0.2, 0.25) is 0 Å². The molecule has 2 aromatic heterocycles. The summed E-state index contributed by atoms with van der Waals surface area (Å²) < 4.78 is 21.1. The van der Waals surface area contributed by atoms with Crippen LogP contribution in [0.5, 0.6) is 11.5 Å². The van der Waals surface area contributed by atoms with Crippen molar-refractivity contribution in [3.05, 3.63) is 71.2 Å². The van der Waals surface area contributed by atoms with Gasteiger partial charge in [0, 0.05) is 31.1 Å². The normalized spacial score (nSPS) is 10.6. The highest BCUT2D eigenvalue weighted by atomic mass is 32.1. The van der Waals surface area contributed by atoms with Gasteiger partial charge in [0.1, 0.15) is 23.0 Å². The quantitative estimate of drug-likeness (QED) is 0.399. The zero-order valence-electron chi connectivity index (χ0n) is 17.1. The van der Waals surface area contributed by atoms with Gasteiger partial charge in [0.05, 0.1) is 20.9 Å². The maximum absolute atomic E-state index is 14.5. The van der Waals surface area contributed by atoms with Crippen molar-refractivity contribution in [2.45, 2.75) is 6.92 Å². The predicted octanol–water partition coefficient (Wildman–Crippen LogP) is 4.93. The Morgan fingerprint density at radius 2 is 1.84 bits per heavy atom. The second kappa shape index (κ2) is 8.98. The zero-order valence-corrected chi connectivity index (χ0v) is 17.9. The summed E-state index contributed by atoms with van der Waals surface area (Å²) in [6.07, 6.45) is 1.42. The van der Waals surface area contributed by atoms with Gasteiger partial charge in [-0.15, -0.1) is 11.3 Å². The second-order valence-corrected chi connectivity index (χ2v) is 7.93. The van der Waals surface area contributed by atoms with Crippen molar-refractivity contribution in [3.8, 4) is 11.5 Å². The molecule has 0 aliphatic rings. The van der Waals surface area contributed by atoms with Crippen LogP contribution in [0.15, 0.2) is 54.7 Å². The highest BCUT2D eigenvalue weighted by Gasteiger charge is 2.11. The van der Waals surface area contributed by atoms with Crippen LogP contribution in [0.2, 0.25) is 0 Å². The molecule has 0 atom stereocenters. The SMILES string of the molecule is CNC(=O)c1cc(Oc2ccc(NC(=O)Nc3ccc4sc(C)nc4c3)c(F)c2)ccn1. The minimum atomic E-state index is -0.677. The van der Waals surface area contributed by atoms with E-state index in [1.807, 2.05) is 13.0 Å². The lowest BCUT2D eigenvalue weighted by atomic mass is 10.2. The number of carbonyl (C=O) groups excluding carboxylic acids is 2. The molecule has 0 saturated heterocycles.